The highest BCUT2D eigenvalue weighted by Gasteiger charge is 2.11. The molecule has 2 aromatic rings. The summed E-state index contributed by atoms with van der Waals surface area (Å²) >= 11 is 0.939. The van der Waals surface area contributed by atoms with Crippen molar-refractivity contribution in [1.82, 2.24) is 19.8 Å². The molecule has 0 saturated heterocycles. The molecule has 0 fully saturated rings. The van der Waals surface area contributed by atoms with E-state index in [0.29, 0.717) is 6.61 Å². The van der Waals surface area contributed by atoms with E-state index < -0.39 is 17.2 Å². The smallest absolute Gasteiger partial charge is 0.346 e. The number of carbonyl (C=O) groups is 1. The minimum absolute atomic E-state index is 0.0545. The first-order valence-electron chi connectivity index (χ1n) is 7.74. The van der Waals surface area contributed by atoms with E-state index in [0.717, 1.165) is 32.3 Å². The number of rotatable bonds is 7. The van der Waals surface area contributed by atoms with E-state index in [9.17, 15) is 14.4 Å². The number of aromatic nitrogens is 3. The molecule has 0 radical (unpaired) electrons. The third kappa shape index (κ3) is 5.06. The zero-order valence-electron chi connectivity index (χ0n) is 14.6. The van der Waals surface area contributed by atoms with Gasteiger partial charge in [0.15, 0.2) is 5.03 Å². The molecule has 0 aliphatic carbocycles. The molecule has 1 aromatic heterocycles. The van der Waals surface area contributed by atoms with E-state index >= 15 is 0 Å². The lowest BCUT2D eigenvalue weighted by Crippen LogP contribution is -2.39. The van der Waals surface area contributed by atoms with Crippen LogP contribution in [0.2, 0.25) is 0 Å². The quantitative estimate of drug-likeness (QED) is 0.417. The molecule has 0 aliphatic heterocycles. The minimum Gasteiger partial charge on any atom is -0.494 e. The third-order valence-electron chi connectivity index (χ3n) is 3.23. The molecule has 1 aromatic carbocycles. The summed E-state index contributed by atoms with van der Waals surface area (Å²) in [6.45, 7) is 2.50. The van der Waals surface area contributed by atoms with Crippen LogP contribution in [0.25, 0.3) is 0 Å². The van der Waals surface area contributed by atoms with Crippen molar-refractivity contribution in [3.8, 4) is 5.75 Å². The zero-order chi connectivity index (χ0) is 19.1. The molecule has 2 rings (SSSR count). The molecule has 26 heavy (non-hydrogen) atoms. The Labute approximate surface area is 153 Å². The summed E-state index contributed by atoms with van der Waals surface area (Å²) in [7, 11) is 2.80. The highest BCUT2D eigenvalue weighted by molar-refractivity contribution is 7.99. The lowest BCUT2D eigenvalue weighted by atomic mass is 10.2. The van der Waals surface area contributed by atoms with E-state index in [1.165, 1.54) is 20.3 Å². The van der Waals surface area contributed by atoms with Crippen molar-refractivity contribution in [2.24, 2.45) is 19.2 Å². The molecule has 0 bridgehead atoms. The molecule has 0 unspecified atom stereocenters. The first-order valence-corrected chi connectivity index (χ1v) is 8.72. The van der Waals surface area contributed by atoms with E-state index in [1.54, 1.807) is 0 Å². The Morgan fingerprint density at radius 3 is 2.65 bits per heavy atom. The van der Waals surface area contributed by atoms with Crippen LogP contribution in [-0.2, 0) is 18.9 Å². The van der Waals surface area contributed by atoms with E-state index in [4.69, 9.17) is 4.74 Å². The van der Waals surface area contributed by atoms with E-state index in [2.05, 4.69) is 15.6 Å². The normalized spacial score (nSPS) is 10.9. The number of benzene rings is 1. The molecule has 0 saturated carbocycles. The van der Waals surface area contributed by atoms with Gasteiger partial charge in [0, 0.05) is 14.1 Å². The first-order chi connectivity index (χ1) is 12.4. The van der Waals surface area contributed by atoms with Gasteiger partial charge in [-0.05, 0) is 36.8 Å². The van der Waals surface area contributed by atoms with Crippen LogP contribution >= 0.6 is 11.8 Å². The summed E-state index contributed by atoms with van der Waals surface area (Å²) in [6, 6.07) is 7.24. The lowest BCUT2D eigenvalue weighted by Gasteiger charge is -2.04. The summed E-state index contributed by atoms with van der Waals surface area (Å²) in [6.07, 6.45) is 1.50. The number of nitrogens with zero attached hydrogens (tertiary/aromatic N) is 4. The third-order valence-corrected chi connectivity index (χ3v) is 4.16. The molecular formula is C16H19N5O4S. The lowest BCUT2D eigenvalue weighted by molar-refractivity contribution is -0.118. The Balaban J connectivity index is 1.89. The molecule has 0 spiro atoms. The average Bonchev–Trinajstić information content (AvgIpc) is 2.63. The highest BCUT2D eigenvalue weighted by Crippen LogP contribution is 2.11. The Bertz CT molecular complexity index is 918. The van der Waals surface area contributed by atoms with Gasteiger partial charge in [-0.2, -0.15) is 10.2 Å². The first kappa shape index (κ1) is 19.4. The van der Waals surface area contributed by atoms with Gasteiger partial charge in [-0.25, -0.2) is 14.9 Å². The van der Waals surface area contributed by atoms with Crippen molar-refractivity contribution in [3.05, 3.63) is 50.7 Å². The van der Waals surface area contributed by atoms with Crippen LogP contribution in [0.4, 0.5) is 0 Å². The molecular weight excluding hydrogens is 358 g/mol. The molecule has 9 nitrogen and oxygen atoms in total. The number of hydrogen-bond acceptors (Lipinski definition) is 7. The van der Waals surface area contributed by atoms with Crippen LogP contribution in [0.1, 0.15) is 12.5 Å². The Morgan fingerprint density at radius 2 is 2.00 bits per heavy atom. The molecule has 0 atom stereocenters. The maximum atomic E-state index is 11.9. The predicted octanol–water partition coefficient (Wildman–Crippen LogP) is 0.120. The average molecular weight is 377 g/mol. The van der Waals surface area contributed by atoms with Crippen LogP contribution in [0.5, 0.6) is 5.75 Å². The summed E-state index contributed by atoms with van der Waals surface area (Å²) in [5.41, 5.74) is 2.11. The molecule has 0 aliphatic rings. The topological polar surface area (TPSA) is 108 Å². The van der Waals surface area contributed by atoms with Crippen molar-refractivity contribution < 1.29 is 9.53 Å². The van der Waals surface area contributed by atoms with Crippen molar-refractivity contribution in [1.29, 1.82) is 0 Å². The van der Waals surface area contributed by atoms with Crippen molar-refractivity contribution >= 4 is 23.9 Å². The van der Waals surface area contributed by atoms with Crippen LogP contribution in [0.15, 0.2) is 44.0 Å². The van der Waals surface area contributed by atoms with E-state index in [-0.39, 0.29) is 10.8 Å². The summed E-state index contributed by atoms with van der Waals surface area (Å²) in [5.74, 6) is 0.312. The Morgan fingerprint density at radius 1 is 1.31 bits per heavy atom. The minimum atomic E-state index is -0.538. The standard InChI is InChI=1S/C16H19N5O4S/c1-4-25-12-7-5-11(6-8-12)9-17-18-13(22)10-26-14-15(23)20(2)16(24)21(3)19-14/h5-9H,4,10H2,1-3H3,(H,18,22)/b17-9-. The number of aryl methyl sites for hydroxylation is 1. The van der Waals surface area contributed by atoms with Crippen molar-refractivity contribution in [2.45, 2.75) is 11.9 Å². The zero-order valence-corrected chi connectivity index (χ0v) is 15.4. The van der Waals surface area contributed by atoms with Gasteiger partial charge in [0.1, 0.15) is 5.75 Å². The molecule has 1 amide bonds. The summed E-state index contributed by atoms with van der Waals surface area (Å²) in [5, 5.41) is 7.79. The van der Waals surface area contributed by atoms with Gasteiger partial charge < -0.3 is 4.74 Å². The SMILES string of the molecule is CCOc1ccc(/C=N\NC(=O)CSc2nn(C)c(=O)n(C)c2=O)cc1. The largest absolute Gasteiger partial charge is 0.494 e. The van der Waals surface area contributed by atoms with Crippen LogP contribution < -0.4 is 21.4 Å². The van der Waals surface area contributed by atoms with Gasteiger partial charge in [0.25, 0.3) is 5.56 Å². The molecule has 138 valence electrons. The summed E-state index contributed by atoms with van der Waals surface area (Å²) in [4.78, 5) is 35.3. The Kier molecular flexibility index (Phi) is 6.73. The monoisotopic (exact) mass is 377 g/mol. The Hall–Kier alpha value is -2.88. The number of ether oxygens (including phenoxy) is 1. The van der Waals surface area contributed by atoms with E-state index in [1.807, 2.05) is 31.2 Å². The van der Waals surface area contributed by atoms with Crippen LogP contribution in [-0.4, -0.2) is 38.8 Å². The maximum Gasteiger partial charge on any atom is 0.346 e. The van der Waals surface area contributed by atoms with Gasteiger partial charge in [0.05, 0.1) is 18.6 Å². The second-order valence-electron chi connectivity index (χ2n) is 5.16. The number of nitrogens with one attached hydrogen (secondary N) is 1. The van der Waals surface area contributed by atoms with Crippen LogP contribution in [0.3, 0.4) is 0 Å². The number of hydrogen-bond donors (Lipinski definition) is 1. The number of thioether (sulfide) groups is 1. The second kappa shape index (κ2) is 8.99. The maximum absolute atomic E-state index is 11.9. The molecule has 1 heterocycles. The van der Waals surface area contributed by atoms with Crippen molar-refractivity contribution in [2.75, 3.05) is 12.4 Å². The molecule has 1 N–H and O–H groups in total. The number of carbonyl (C=O) groups excluding carboxylic acids is 1. The van der Waals surface area contributed by atoms with Gasteiger partial charge in [-0.3, -0.25) is 14.2 Å². The fourth-order valence-electron chi connectivity index (χ4n) is 1.92. The number of amides is 1. The predicted molar refractivity (Wildman–Crippen MR) is 98.8 cm³/mol. The van der Waals surface area contributed by atoms with Gasteiger partial charge in [-0.1, -0.05) is 11.8 Å². The number of hydrazone groups is 1. The van der Waals surface area contributed by atoms with Gasteiger partial charge >= 0.3 is 5.69 Å². The summed E-state index contributed by atoms with van der Waals surface area (Å²) < 4.78 is 7.33. The fourth-order valence-corrected chi connectivity index (χ4v) is 2.69. The second-order valence-corrected chi connectivity index (χ2v) is 6.12. The van der Waals surface area contributed by atoms with Gasteiger partial charge in [-0.15, -0.1) is 0 Å². The fraction of sp³-hybridized carbons (Fsp3) is 0.312. The van der Waals surface area contributed by atoms with Crippen molar-refractivity contribution in [3.63, 3.8) is 0 Å². The highest BCUT2D eigenvalue weighted by atomic mass is 32.2. The van der Waals surface area contributed by atoms with Gasteiger partial charge in [0.2, 0.25) is 5.91 Å². The van der Waals surface area contributed by atoms with Crippen LogP contribution in [0, 0.1) is 0 Å². The molecule has 10 heteroatoms.